The van der Waals surface area contributed by atoms with Crippen LogP contribution in [-0.4, -0.2) is 167 Å². The van der Waals surface area contributed by atoms with E-state index in [0.29, 0.717) is 18.2 Å². The molecule has 0 aliphatic rings. The van der Waals surface area contributed by atoms with Crippen LogP contribution in [0.3, 0.4) is 0 Å². The van der Waals surface area contributed by atoms with Crippen molar-refractivity contribution in [3.05, 3.63) is 110 Å². The number of sulfonamides is 2. The molecule has 2 aromatic carbocycles. The van der Waals surface area contributed by atoms with Crippen molar-refractivity contribution in [2.24, 2.45) is 5.73 Å². The fraction of sp³-hybridized carbons (Fsp3) is 0.250. The first-order chi connectivity index (χ1) is 41.6. The molecule has 6 rings (SSSR count). The number of halogens is 9. The number of aromatic nitrogens is 7. The van der Waals surface area contributed by atoms with Gasteiger partial charge in [-0.3, -0.25) is 34.9 Å². The first-order valence-electron chi connectivity index (χ1n) is 23.4. The zero-order chi connectivity index (χ0) is 68.4. The summed E-state index contributed by atoms with van der Waals surface area (Å²) < 4.78 is 169. The number of hydrogen-bond donors (Lipinski definition) is 9. The molecule has 490 valence electrons. The summed E-state index contributed by atoms with van der Waals surface area (Å²) in [5, 5.41) is 34.1. The molecule has 2 unspecified atom stereocenters. The smallest absolute Gasteiger partial charge is 0.416 e. The van der Waals surface area contributed by atoms with E-state index in [4.69, 9.17) is 59.2 Å². The molecular weight excluding hydrogens is 1340 g/mol. The molecule has 0 saturated carbocycles. The van der Waals surface area contributed by atoms with Crippen molar-refractivity contribution in [2.75, 3.05) is 57.5 Å². The Kier molecular flexibility index (Phi) is 26.6. The van der Waals surface area contributed by atoms with Gasteiger partial charge in [-0.1, -0.05) is 35.3 Å². The minimum Gasteiger partial charge on any atom is -0.481 e. The number of ether oxygens (including phenoxy) is 4. The molecule has 0 spiro atoms. The second-order valence-electron chi connectivity index (χ2n) is 16.8. The Morgan fingerprint density at radius 2 is 1.27 bits per heavy atom. The lowest BCUT2D eigenvalue weighted by molar-refractivity contribution is -0.383. The Morgan fingerprint density at radius 1 is 0.800 bits per heavy atom. The van der Waals surface area contributed by atoms with Crippen LogP contribution in [0.25, 0.3) is 5.69 Å². The van der Waals surface area contributed by atoms with Crippen molar-refractivity contribution in [3.63, 3.8) is 0 Å². The fourth-order valence-electron chi connectivity index (χ4n) is 6.02. The number of nitrogens with two attached hydrogens (primary N) is 2. The minimum absolute atomic E-state index is 0.0412. The third kappa shape index (κ3) is 22.9. The standard InChI is InChI=1S/C15H18N6O6S.C14H10F4N4O7S.C10H5Cl2F3N4O2.C5H12NO4P/c1-21(2)13(22)9-6-5-7-16-12(9)28(24,25)20-15(23)19-14-17-10(26-3)8-11(18-14)27-4;15-11(16)28-8-5-9(29-12(17)18)20-13(19-8)21-14(25)22-30(26,27)7-4-2-1-3-6(7)10(23)24;11-5-1-4(10(13,14)15)2-6(12)8(5)18-9(16)7(3-17-18)19(20)21;1-11(9,10)3-2-4(6)5(7)8/h5-8H,1-4H3,(H2,17,18,19,20,23);1-5,11-12H,(H,23,24)(H2,19,20,21,22,25);1-3H,16H2;4H,2-3,6H2,1H3,(H,7,8)(H,9,10). The highest BCUT2D eigenvalue weighted by Crippen LogP contribution is 2.39. The van der Waals surface area contributed by atoms with Gasteiger partial charge in [0.25, 0.3) is 26.0 Å². The number of benzene rings is 2. The lowest BCUT2D eigenvalue weighted by Crippen LogP contribution is -2.36. The predicted octanol–water partition coefficient (Wildman–Crippen LogP) is 5.37. The van der Waals surface area contributed by atoms with Crippen LogP contribution in [0.1, 0.15) is 32.7 Å². The molecular formula is C44H45Cl2F7N15O19PS2. The van der Waals surface area contributed by atoms with Crippen LogP contribution < -0.4 is 50.5 Å². The average molecular weight is 1390 g/mol. The molecule has 0 saturated heterocycles. The molecule has 2 atom stereocenters. The summed E-state index contributed by atoms with van der Waals surface area (Å²) in [6.45, 7) is -5.63. The van der Waals surface area contributed by atoms with Gasteiger partial charge >= 0.3 is 49.1 Å². The number of aliphatic carboxylic acids is 1. The third-order valence-electron chi connectivity index (χ3n) is 9.88. The van der Waals surface area contributed by atoms with E-state index < -0.39 is 138 Å². The van der Waals surface area contributed by atoms with Crippen molar-refractivity contribution in [3.8, 4) is 29.2 Å². The number of nitro groups is 1. The maximum atomic E-state index is 12.6. The number of methoxy groups -OCH3 is 2. The lowest BCUT2D eigenvalue weighted by atomic mass is 10.2. The van der Waals surface area contributed by atoms with Crippen LogP contribution in [-0.2, 0) is 35.6 Å². The molecule has 4 aromatic heterocycles. The Hall–Kier alpha value is -9.55. The van der Waals surface area contributed by atoms with Gasteiger partial charge in [-0.25, -0.2) is 41.9 Å². The van der Waals surface area contributed by atoms with Crippen molar-refractivity contribution in [1.82, 2.24) is 49.0 Å². The Bertz CT molecular complexity index is 3820. The molecule has 34 nitrogen and oxygen atoms in total. The Labute approximate surface area is 510 Å². The number of aromatic carboxylic acids is 1. The number of nitrogen functional groups attached to an aromatic ring is 1. The molecule has 6 aromatic rings. The highest BCUT2D eigenvalue weighted by atomic mass is 35.5. The van der Waals surface area contributed by atoms with E-state index in [1.54, 1.807) is 10.0 Å². The number of carboxylic acid groups (broad SMARTS) is 2. The zero-order valence-electron chi connectivity index (χ0n) is 45.8. The number of pyridine rings is 1. The van der Waals surface area contributed by atoms with E-state index in [0.717, 1.165) is 23.0 Å². The molecule has 11 N–H and O–H groups in total. The number of anilines is 3. The number of carbonyl (C=O) groups is 5. The first kappa shape index (κ1) is 74.7. The van der Waals surface area contributed by atoms with E-state index in [9.17, 15) is 86.2 Å². The van der Waals surface area contributed by atoms with Gasteiger partial charge in [0.1, 0.15) is 22.8 Å². The number of urea groups is 2. The SMILES string of the molecule is COc1cc(OC)nc(NC(=O)NS(=O)(=O)c2ncccc2C(=O)N(C)C)n1.CP(=O)(O)CCC(N)C(=O)O.Nc1c([N+](=O)[O-])cnn1-c1c(Cl)cc(C(F)(F)F)cc1Cl.O=C(Nc1nc(OC(F)F)cc(OC(F)F)n1)NS(=O)(=O)c1ccccc1C(=O)O. The minimum atomic E-state index is -4.71. The highest BCUT2D eigenvalue weighted by molar-refractivity contribution is 7.90. The monoisotopic (exact) mass is 1390 g/mol. The zero-order valence-corrected chi connectivity index (χ0v) is 49.8. The van der Waals surface area contributed by atoms with Crippen LogP contribution in [0, 0.1) is 10.1 Å². The molecule has 90 heavy (non-hydrogen) atoms. The van der Waals surface area contributed by atoms with E-state index >= 15 is 0 Å². The second-order valence-corrected chi connectivity index (χ2v) is 23.4. The van der Waals surface area contributed by atoms with Gasteiger partial charge in [0.2, 0.25) is 41.2 Å². The van der Waals surface area contributed by atoms with E-state index in [1.165, 1.54) is 81.1 Å². The molecule has 4 heterocycles. The van der Waals surface area contributed by atoms with Crippen LogP contribution in [0.15, 0.2) is 83.0 Å². The molecule has 0 aliphatic heterocycles. The fourth-order valence-corrected chi connectivity index (χ4v) is 9.57. The number of hydrogen-bond acceptors (Lipinski definition) is 24. The number of carbonyl (C=O) groups excluding carboxylic acids is 3. The summed E-state index contributed by atoms with van der Waals surface area (Å²) in [4.78, 5) is 94.5. The van der Waals surface area contributed by atoms with Gasteiger partial charge in [-0.2, -0.15) is 64.2 Å². The van der Waals surface area contributed by atoms with Gasteiger partial charge in [-0.15, -0.1) is 0 Å². The molecule has 5 amide bonds. The molecule has 0 bridgehead atoms. The van der Waals surface area contributed by atoms with Crippen molar-refractivity contribution in [1.29, 1.82) is 0 Å². The summed E-state index contributed by atoms with van der Waals surface area (Å²) in [5.74, 6) is -6.66. The lowest BCUT2D eigenvalue weighted by Gasteiger charge is -2.14. The van der Waals surface area contributed by atoms with E-state index in [-0.39, 0.29) is 51.6 Å². The first-order valence-corrected chi connectivity index (χ1v) is 29.4. The number of nitrogens with zero attached hydrogens (tertiary/aromatic N) is 9. The number of rotatable bonds is 20. The molecule has 0 radical (unpaired) electrons. The van der Waals surface area contributed by atoms with Crippen LogP contribution >= 0.6 is 30.6 Å². The van der Waals surface area contributed by atoms with E-state index in [1.807, 2.05) is 0 Å². The summed E-state index contributed by atoms with van der Waals surface area (Å²) >= 11 is 11.5. The van der Waals surface area contributed by atoms with Gasteiger partial charge in [0, 0.05) is 33.1 Å². The van der Waals surface area contributed by atoms with Crippen LogP contribution in [0.5, 0.6) is 23.5 Å². The Morgan fingerprint density at radius 3 is 1.69 bits per heavy atom. The third-order valence-corrected chi connectivity index (χ3v) is 14.2. The van der Waals surface area contributed by atoms with Crippen LogP contribution in [0.4, 0.5) is 63.7 Å². The summed E-state index contributed by atoms with van der Waals surface area (Å²) in [7, 11) is -6.67. The van der Waals surface area contributed by atoms with E-state index in [2.05, 4.69) is 44.8 Å². The quantitative estimate of drug-likeness (QED) is 0.0201. The van der Waals surface area contributed by atoms with Crippen molar-refractivity contribution >= 4 is 104 Å². The maximum absolute atomic E-state index is 12.6. The molecule has 46 heteroatoms. The molecule has 0 aliphatic carbocycles. The number of alkyl halides is 7. The summed E-state index contributed by atoms with van der Waals surface area (Å²) in [5.41, 5.74) is 8.04. The number of nitrogens with one attached hydrogen (secondary N) is 4. The van der Waals surface area contributed by atoms with Gasteiger partial charge in [0.05, 0.1) is 58.0 Å². The number of amides is 5. The summed E-state index contributed by atoms with van der Waals surface area (Å²) in [6, 6.07) is 6.37. The average Bonchev–Trinajstić information content (AvgIpc) is 1.47. The Balaban J connectivity index is 0.000000329. The maximum Gasteiger partial charge on any atom is 0.416 e. The number of carboxylic acids is 2. The molecule has 0 fully saturated rings. The second kappa shape index (κ2) is 32.1. The van der Waals surface area contributed by atoms with Crippen molar-refractivity contribution in [2.45, 2.75) is 41.8 Å². The van der Waals surface area contributed by atoms with Crippen molar-refractivity contribution < 1.29 is 115 Å². The largest absolute Gasteiger partial charge is 0.481 e. The van der Waals surface area contributed by atoms with Gasteiger partial charge in [0.15, 0.2) is 12.4 Å². The highest BCUT2D eigenvalue weighted by Gasteiger charge is 2.34. The van der Waals surface area contributed by atoms with Gasteiger partial charge in [-0.05, 0) is 42.8 Å². The van der Waals surface area contributed by atoms with Crippen LogP contribution in [0.2, 0.25) is 10.0 Å². The normalized spacial score (nSPS) is 12.1. The summed E-state index contributed by atoms with van der Waals surface area (Å²) in [6.07, 6.45) is -2.60. The topological polar surface area (TPSA) is 497 Å². The predicted molar refractivity (Wildman–Crippen MR) is 295 cm³/mol. The van der Waals surface area contributed by atoms with Gasteiger partial charge < -0.3 is 50.4 Å².